The number of hydrogen-bond donors (Lipinski definition) is 1. The van der Waals surface area contributed by atoms with Gasteiger partial charge in [0.2, 0.25) is 5.91 Å². The Kier molecular flexibility index (Phi) is 5.06. The molecule has 2 N–H and O–H groups in total. The van der Waals surface area contributed by atoms with Gasteiger partial charge in [-0.25, -0.2) is 0 Å². The van der Waals surface area contributed by atoms with Crippen molar-refractivity contribution in [2.24, 2.45) is 5.73 Å². The van der Waals surface area contributed by atoms with Crippen molar-refractivity contribution >= 4 is 17.5 Å². The molecule has 1 aromatic carbocycles. The van der Waals surface area contributed by atoms with Crippen LogP contribution in [0.1, 0.15) is 49.8 Å². The quantitative estimate of drug-likeness (QED) is 0.928. The van der Waals surface area contributed by atoms with Crippen molar-refractivity contribution in [2.75, 3.05) is 6.54 Å². The van der Waals surface area contributed by atoms with Crippen molar-refractivity contribution in [3.05, 3.63) is 34.3 Å². The van der Waals surface area contributed by atoms with Gasteiger partial charge in [0.1, 0.15) is 0 Å². The number of halogens is 1. The Morgan fingerprint density at radius 2 is 2.20 bits per heavy atom. The number of amides is 1. The molecule has 0 spiro atoms. The van der Waals surface area contributed by atoms with E-state index in [1.807, 2.05) is 30.0 Å². The Balaban J connectivity index is 2.42. The highest BCUT2D eigenvalue weighted by Crippen LogP contribution is 2.33. The summed E-state index contributed by atoms with van der Waals surface area (Å²) in [6.45, 7) is 4.89. The fourth-order valence-electron chi connectivity index (χ4n) is 3.05. The Hall–Kier alpha value is -1.06. The SMILES string of the molecule is CCCN1C(=O)CCCC(N)C1c1ccc(Cl)cc1C. The summed E-state index contributed by atoms with van der Waals surface area (Å²) in [5.41, 5.74) is 8.61. The van der Waals surface area contributed by atoms with Crippen molar-refractivity contribution in [2.45, 2.75) is 51.6 Å². The zero-order valence-corrected chi connectivity index (χ0v) is 13.0. The zero-order valence-electron chi connectivity index (χ0n) is 12.2. The molecule has 0 radical (unpaired) electrons. The number of hydrogen-bond acceptors (Lipinski definition) is 2. The second-order valence-electron chi connectivity index (χ2n) is 5.59. The molecular weight excluding hydrogens is 272 g/mol. The van der Waals surface area contributed by atoms with E-state index in [0.717, 1.165) is 42.0 Å². The molecular formula is C16H23ClN2O. The molecule has 1 fully saturated rings. The van der Waals surface area contributed by atoms with Crippen LogP contribution in [0.25, 0.3) is 0 Å². The average Bonchev–Trinajstić information content (AvgIpc) is 2.52. The molecule has 1 saturated heterocycles. The fraction of sp³-hybridized carbons (Fsp3) is 0.562. The van der Waals surface area contributed by atoms with Crippen molar-refractivity contribution < 1.29 is 4.79 Å². The van der Waals surface area contributed by atoms with Crippen LogP contribution in [-0.2, 0) is 4.79 Å². The number of likely N-dealkylation sites (tertiary alicyclic amines) is 1. The molecule has 1 aliphatic heterocycles. The van der Waals surface area contributed by atoms with Gasteiger partial charge in [0.15, 0.2) is 0 Å². The van der Waals surface area contributed by atoms with Crippen LogP contribution in [0.15, 0.2) is 18.2 Å². The molecule has 0 aromatic heterocycles. The molecule has 0 bridgehead atoms. The largest absolute Gasteiger partial charge is 0.334 e. The molecule has 3 nitrogen and oxygen atoms in total. The number of carbonyl (C=O) groups excluding carboxylic acids is 1. The van der Waals surface area contributed by atoms with Gasteiger partial charge in [-0.1, -0.05) is 24.6 Å². The summed E-state index contributed by atoms with van der Waals surface area (Å²) in [5.74, 6) is 0.221. The van der Waals surface area contributed by atoms with Gasteiger partial charge in [-0.3, -0.25) is 4.79 Å². The second-order valence-corrected chi connectivity index (χ2v) is 6.03. The number of aryl methyl sites for hydroxylation is 1. The minimum Gasteiger partial charge on any atom is -0.334 e. The number of nitrogens with two attached hydrogens (primary N) is 1. The standard InChI is InChI=1S/C16H23ClN2O/c1-3-9-19-15(20)6-4-5-14(18)16(19)13-8-7-12(17)10-11(13)2/h7-8,10,14,16H,3-6,9,18H2,1-2H3. The van der Waals surface area contributed by atoms with Crippen molar-refractivity contribution in [3.8, 4) is 0 Å². The van der Waals surface area contributed by atoms with Crippen LogP contribution in [-0.4, -0.2) is 23.4 Å². The third kappa shape index (κ3) is 3.15. The molecule has 2 rings (SSSR count). The first kappa shape index (κ1) is 15.3. The molecule has 1 heterocycles. The normalized spacial score (nSPS) is 23.8. The Morgan fingerprint density at radius 1 is 1.45 bits per heavy atom. The number of benzene rings is 1. The molecule has 0 aliphatic carbocycles. The lowest BCUT2D eigenvalue weighted by molar-refractivity contribution is -0.133. The van der Waals surface area contributed by atoms with Gasteiger partial charge in [0, 0.05) is 24.0 Å². The predicted molar refractivity (Wildman–Crippen MR) is 82.8 cm³/mol. The van der Waals surface area contributed by atoms with E-state index < -0.39 is 0 Å². The average molecular weight is 295 g/mol. The number of nitrogens with zero attached hydrogens (tertiary/aromatic N) is 1. The Morgan fingerprint density at radius 3 is 2.85 bits per heavy atom. The van der Waals surface area contributed by atoms with E-state index in [0.29, 0.717) is 6.42 Å². The fourth-order valence-corrected chi connectivity index (χ4v) is 3.28. The second kappa shape index (κ2) is 6.59. The van der Waals surface area contributed by atoms with Gasteiger partial charge < -0.3 is 10.6 Å². The number of carbonyl (C=O) groups is 1. The lowest BCUT2D eigenvalue weighted by Gasteiger charge is -2.34. The molecule has 2 atom stereocenters. The van der Waals surface area contributed by atoms with Crippen molar-refractivity contribution in [1.82, 2.24) is 4.90 Å². The summed E-state index contributed by atoms with van der Waals surface area (Å²) in [6, 6.07) is 5.82. The van der Waals surface area contributed by atoms with Crippen molar-refractivity contribution in [1.29, 1.82) is 0 Å². The van der Waals surface area contributed by atoms with E-state index in [4.69, 9.17) is 17.3 Å². The van der Waals surface area contributed by atoms with Crippen LogP contribution in [0.4, 0.5) is 0 Å². The third-order valence-electron chi connectivity index (χ3n) is 4.00. The highest BCUT2D eigenvalue weighted by Gasteiger charge is 2.33. The van der Waals surface area contributed by atoms with E-state index in [1.165, 1.54) is 0 Å². The van der Waals surface area contributed by atoms with E-state index in [1.54, 1.807) is 0 Å². The highest BCUT2D eigenvalue weighted by atomic mass is 35.5. The van der Waals surface area contributed by atoms with E-state index >= 15 is 0 Å². The molecule has 1 aliphatic rings. The van der Waals surface area contributed by atoms with Crippen LogP contribution in [0.3, 0.4) is 0 Å². The van der Waals surface area contributed by atoms with E-state index in [2.05, 4.69) is 6.92 Å². The van der Waals surface area contributed by atoms with Crippen LogP contribution in [0.2, 0.25) is 5.02 Å². The smallest absolute Gasteiger partial charge is 0.223 e. The number of rotatable bonds is 3. The first-order valence-electron chi connectivity index (χ1n) is 7.35. The first-order chi connectivity index (χ1) is 9.54. The lowest BCUT2D eigenvalue weighted by Crippen LogP contribution is -2.42. The molecule has 0 saturated carbocycles. The van der Waals surface area contributed by atoms with Gasteiger partial charge >= 0.3 is 0 Å². The topological polar surface area (TPSA) is 46.3 Å². The van der Waals surface area contributed by atoms with E-state index in [9.17, 15) is 4.79 Å². The summed E-state index contributed by atoms with van der Waals surface area (Å²) >= 11 is 6.04. The van der Waals surface area contributed by atoms with Gasteiger partial charge in [0.05, 0.1) is 6.04 Å². The first-order valence-corrected chi connectivity index (χ1v) is 7.73. The van der Waals surface area contributed by atoms with Crippen LogP contribution >= 0.6 is 11.6 Å². The minimum absolute atomic E-state index is 0.00660. The maximum Gasteiger partial charge on any atom is 0.223 e. The van der Waals surface area contributed by atoms with Crippen LogP contribution in [0, 0.1) is 6.92 Å². The summed E-state index contributed by atoms with van der Waals surface area (Å²) in [5, 5.41) is 0.724. The molecule has 2 unspecified atom stereocenters. The van der Waals surface area contributed by atoms with Gasteiger partial charge in [-0.15, -0.1) is 0 Å². The molecule has 110 valence electrons. The van der Waals surface area contributed by atoms with Gasteiger partial charge in [-0.05, 0) is 49.4 Å². The monoisotopic (exact) mass is 294 g/mol. The third-order valence-corrected chi connectivity index (χ3v) is 4.24. The zero-order chi connectivity index (χ0) is 14.7. The predicted octanol–water partition coefficient (Wildman–Crippen LogP) is 3.44. The lowest BCUT2D eigenvalue weighted by atomic mass is 9.93. The van der Waals surface area contributed by atoms with Gasteiger partial charge in [0.25, 0.3) is 0 Å². The Labute approximate surface area is 126 Å². The summed E-state index contributed by atoms with van der Waals surface area (Å²) in [6.07, 6.45) is 3.32. The molecule has 4 heteroatoms. The molecule has 1 amide bonds. The van der Waals surface area contributed by atoms with Gasteiger partial charge in [-0.2, -0.15) is 0 Å². The summed E-state index contributed by atoms with van der Waals surface area (Å²) < 4.78 is 0. The summed E-state index contributed by atoms with van der Waals surface area (Å²) in [7, 11) is 0. The molecule has 1 aromatic rings. The highest BCUT2D eigenvalue weighted by molar-refractivity contribution is 6.30. The summed E-state index contributed by atoms with van der Waals surface area (Å²) in [4.78, 5) is 14.3. The van der Waals surface area contributed by atoms with Crippen LogP contribution < -0.4 is 5.73 Å². The van der Waals surface area contributed by atoms with Crippen LogP contribution in [0.5, 0.6) is 0 Å². The Bertz CT molecular complexity index is 489. The maximum absolute atomic E-state index is 12.4. The molecule has 20 heavy (non-hydrogen) atoms. The van der Waals surface area contributed by atoms with Crippen molar-refractivity contribution in [3.63, 3.8) is 0 Å². The maximum atomic E-state index is 12.4. The minimum atomic E-state index is -0.0257. The van der Waals surface area contributed by atoms with E-state index in [-0.39, 0.29) is 18.0 Å².